The zero-order valence-corrected chi connectivity index (χ0v) is 13.2. The second kappa shape index (κ2) is 7.01. The molecule has 1 aliphatic heterocycles. The predicted octanol–water partition coefficient (Wildman–Crippen LogP) is 3.01. The van der Waals surface area contributed by atoms with Gasteiger partial charge in [0, 0.05) is 13.2 Å². The first-order chi connectivity index (χ1) is 11.2. The van der Waals surface area contributed by atoms with Crippen molar-refractivity contribution < 1.29 is 14.3 Å². The van der Waals surface area contributed by atoms with E-state index in [-0.39, 0.29) is 24.0 Å². The average molecular weight is 314 g/mol. The number of carbonyl (C=O) groups excluding carboxylic acids is 1. The Hall–Kier alpha value is -2.06. The smallest absolute Gasteiger partial charge is 0.407 e. The number of ether oxygens (including phenoxy) is 2. The van der Waals surface area contributed by atoms with E-state index in [1.165, 1.54) is 0 Å². The van der Waals surface area contributed by atoms with Gasteiger partial charge in [0.1, 0.15) is 6.61 Å². The molecule has 3 rings (SSSR count). The van der Waals surface area contributed by atoms with Crippen LogP contribution in [0.4, 0.5) is 4.79 Å². The lowest BCUT2D eigenvalue weighted by Crippen LogP contribution is -2.49. The van der Waals surface area contributed by atoms with Crippen molar-refractivity contribution in [1.29, 1.82) is 5.26 Å². The van der Waals surface area contributed by atoms with E-state index < -0.39 is 6.09 Å². The van der Waals surface area contributed by atoms with Crippen molar-refractivity contribution in [3.8, 4) is 6.07 Å². The summed E-state index contributed by atoms with van der Waals surface area (Å²) in [6.45, 7) is 1.65. The number of nitrogens with zero attached hydrogens (tertiary/aromatic N) is 1. The van der Waals surface area contributed by atoms with Gasteiger partial charge in [0.2, 0.25) is 0 Å². The first-order valence-corrected chi connectivity index (χ1v) is 8.18. The summed E-state index contributed by atoms with van der Waals surface area (Å²) < 4.78 is 10.8. The summed E-state index contributed by atoms with van der Waals surface area (Å²) in [6, 6.07) is 11.8. The number of hydrogen-bond donors (Lipinski definition) is 1. The van der Waals surface area contributed by atoms with Crippen molar-refractivity contribution in [2.24, 2.45) is 11.3 Å². The zero-order chi connectivity index (χ0) is 16.1. The highest BCUT2D eigenvalue weighted by Gasteiger charge is 2.50. The van der Waals surface area contributed by atoms with E-state index in [0.717, 1.165) is 31.2 Å². The van der Waals surface area contributed by atoms with E-state index >= 15 is 0 Å². The molecule has 1 N–H and O–H groups in total. The summed E-state index contributed by atoms with van der Waals surface area (Å²) >= 11 is 0. The molecule has 1 aromatic rings. The van der Waals surface area contributed by atoms with Gasteiger partial charge in [-0.25, -0.2) is 4.79 Å². The lowest BCUT2D eigenvalue weighted by Gasteiger charge is -2.39. The normalized spacial score (nSPS) is 25.7. The lowest BCUT2D eigenvalue weighted by molar-refractivity contribution is 0.00161. The van der Waals surface area contributed by atoms with Gasteiger partial charge < -0.3 is 14.8 Å². The van der Waals surface area contributed by atoms with Crippen LogP contribution in [0, 0.1) is 22.7 Å². The van der Waals surface area contributed by atoms with Crippen molar-refractivity contribution in [3.05, 3.63) is 35.9 Å². The monoisotopic (exact) mass is 314 g/mol. The van der Waals surface area contributed by atoms with Crippen molar-refractivity contribution in [1.82, 2.24) is 5.32 Å². The number of benzene rings is 1. The van der Waals surface area contributed by atoms with Crippen molar-refractivity contribution in [2.75, 3.05) is 13.2 Å². The number of nitrogens with one attached hydrogen (secondary N) is 1. The SMILES string of the molecule is N#CC1CCC2(CCOCC2)C1NC(=O)OCc1ccccc1. The molecule has 122 valence electrons. The van der Waals surface area contributed by atoms with Gasteiger partial charge in [-0.1, -0.05) is 30.3 Å². The summed E-state index contributed by atoms with van der Waals surface area (Å²) in [5.41, 5.74) is 0.941. The van der Waals surface area contributed by atoms with Gasteiger partial charge in [0.15, 0.2) is 0 Å². The summed E-state index contributed by atoms with van der Waals surface area (Å²) in [5, 5.41) is 12.4. The largest absolute Gasteiger partial charge is 0.445 e. The standard InChI is InChI=1S/C18H22N2O3/c19-12-15-6-7-18(8-10-22-11-9-18)16(15)20-17(21)23-13-14-4-2-1-3-5-14/h1-5,15-16H,6-11,13H2,(H,20,21). The van der Waals surface area contributed by atoms with Crippen molar-refractivity contribution in [3.63, 3.8) is 0 Å². The van der Waals surface area contributed by atoms with Gasteiger partial charge >= 0.3 is 6.09 Å². The van der Waals surface area contributed by atoms with E-state index in [0.29, 0.717) is 13.2 Å². The van der Waals surface area contributed by atoms with Crippen LogP contribution in [0.1, 0.15) is 31.2 Å². The van der Waals surface area contributed by atoms with E-state index in [1.807, 2.05) is 30.3 Å². The molecule has 2 aliphatic rings. The van der Waals surface area contributed by atoms with Gasteiger partial charge in [-0.3, -0.25) is 0 Å². The third-order valence-corrected chi connectivity index (χ3v) is 5.16. The summed E-state index contributed by atoms with van der Waals surface area (Å²) in [7, 11) is 0. The zero-order valence-electron chi connectivity index (χ0n) is 13.2. The molecule has 2 atom stereocenters. The van der Waals surface area contributed by atoms with Crippen LogP contribution in [0.2, 0.25) is 0 Å². The Morgan fingerprint density at radius 3 is 2.74 bits per heavy atom. The average Bonchev–Trinajstić information content (AvgIpc) is 2.92. The molecule has 2 fully saturated rings. The Kier molecular flexibility index (Phi) is 4.82. The number of carbonyl (C=O) groups is 1. The van der Waals surface area contributed by atoms with E-state index in [4.69, 9.17) is 9.47 Å². The third-order valence-electron chi connectivity index (χ3n) is 5.16. The molecule has 1 amide bonds. The third kappa shape index (κ3) is 3.48. The van der Waals surface area contributed by atoms with Gasteiger partial charge in [-0.2, -0.15) is 5.26 Å². The minimum absolute atomic E-state index is 0.00951. The van der Waals surface area contributed by atoms with Crippen molar-refractivity contribution >= 4 is 6.09 Å². The van der Waals surface area contributed by atoms with Gasteiger partial charge in [0.25, 0.3) is 0 Å². The maximum Gasteiger partial charge on any atom is 0.407 e. The van der Waals surface area contributed by atoms with E-state index in [1.54, 1.807) is 0 Å². The van der Waals surface area contributed by atoms with Crippen LogP contribution in [0.5, 0.6) is 0 Å². The molecule has 0 bridgehead atoms. The number of nitriles is 1. The summed E-state index contributed by atoms with van der Waals surface area (Å²) in [6.07, 6.45) is 3.16. The maximum atomic E-state index is 12.2. The van der Waals surface area contributed by atoms with Crippen LogP contribution in [0.25, 0.3) is 0 Å². The fourth-order valence-electron chi connectivity index (χ4n) is 3.82. The number of rotatable bonds is 3. The Morgan fingerprint density at radius 2 is 2.04 bits per heavy atom. The molecule has 5 nitrogen and oxygen atoms in total. The Balaban J connectivity index is 1.61. The first kappa shape index (κ1) is 15.8. The van der Waals surface area contributed by atoms with Crippen molar-refractivity contribution in [2.45, 2.75) is 38.3 Å². The molecule has 1 aromatic carbocycles. The molecule has 0 radical (unpaired) electrons. The Bertz CT molecular complexity index is 576. The van der Waals surface area contributed by atoms with E-state index in [9.17, 15) is 10.1 Å². The lowest BCUT2D eigenvalue weighted by atomic mass is 9.74. The highest BCUT2D eigenvalue weighted by atomic mass is 16.5. The Labute approximate surface area is 136 Å². The Morgan fingerprint density at radius 1 is 1.30 bits per heavy atom. The fourth-order valence-corrected chi connectivity index (χ4v) is 3.82. The number of amides is 1. The number of hydrogen-bond acceptors (Lipinski definition) is 4. The fraction of sp³-hybridized carbons (Fsp3) is 0.556. The van der Waals surface area contributed by atoms with E-state index in [2.05, 4.69) is 11.4 Å². The van der Waals surface area contributed by atoms with Crippen LogP contribution in [-0.2, 0) is 16.1 Å². The molecule has 1 saturated heterocycles. The van der Waals surface area contributed by atoms with Gasteiger partial charge in [0.05, 0.1) is 18.0 Å². The second-order valence-electron chi connectivity index (χ2n) is 6.43. The molecule has 1 saturated carbocycles. The molecular formula is C18H22N2O3. The summed E-state index contributed by atoms with van der Waals surface area (Å²) in [4.78, 5) is 12.2. The van der Waals surface area contributed by atoms with Crippen LogP contribution < -0.4 is 5.32 Å². The van der Waals surface area contributed by atoms with Crippen LogP contribution in [0.15, 0.2) is 30.3 Å². The molecule has 23 heavy (non-hydrogen) atoms. The second-order valence-corrected chi connectivity index (χ2v) is 6.43. The topological polar surface area (TPSA) is 71.3 Å². The molecule has 1 spiro atoms. The molecule has 0 aromatic heterocycles. The summed E-state index contributed by atoms with van der Waals surface area (Å²) in [5.74, 6) is -0.141. The highest BCUT2D eigenvalue weighted by molar-refractivity contribution is 5.68. The van der Waals surface area contributed by atoms with Crippen LogP contribution in [0.3, 0.4) is 0 Å². The minimum Gasteiger partial charge on any atom is -0.445 e. The molecule has 2 unspecified atom stereocenters. The molecular weight excluding hydrogens is 292 g/mol. The quantitative estimate of drug-likeness (QED) is 0.931. The number of alkyl carbamates (subject to hydrolysis) is 1. The van der Waals surface area contributed by atoms with Gasteiger partial charge in [-0.15, -0.1) is 0 Å². The van der Waals surface area contributed by atoms with Gasteiger partial charge in [-0.05, 0) is 36.7 Å². The molecule has 1 heterocycles. The van der Waals surface area contributed by atoms with Crippen LogP contribution in [-0.4, -0.2) is 25.3 Å². The molecule has 5 heteroatoms. The molecule has 1 aliphatic carbocycles. The van der Waals surface area contributed by atoms with Crippen LogP contribution >= 0.6 is 0 Å². The minimum atomic E-state index is -0.438. The maximum absolute atomic E-state index is 12.2. The predicted molar refractivity (Wildman–Crippen MR) is 84.4 cm³/mol. The highest BCUT2D eigenvalue weighted by Crippen LogP contribution is 2.48. The first-order valence-electron chi connectivity index (χ1n) is 8.18.